The highest BCUT2D eigenvalue weighted by Gasteiger charge is 2.16. The molecule has 0 saturated carbocycles. The third kappa shape index (κ3) is 10.8. The zero-order valence-electron chi connectivity index (χ0n) is 12.4. The standard InChI is InChI=1S/C12H25N3O6/c1-9(16)7-14(4-3-13-11(18)19)5-6-15(12(20)21)8-10(2)17/h9-10,13,16-17H,3-8H2,1-2H3,(H,18,19)(H,20,21). The van der Waals surface area contributed by atoms with Crippen molar-refractivity contribution < 1.29 is 30.0 Å². The molecule has 0 aromatic heterocycles. The van der Waals surface area contributed by atoms with Crippen LogP contribution in [0, 0.1) is 0 Å². The lowest BCUT2D eigenvalue weighted by atomic mass is 10.3. The summed E-state index contributed by atoms with van der Waals surface area (Å²) in [6, 6.07) is 0. The Bertz CT molecular complexity index is 324. The first-order valence-corrected chi connectivity index (χ1v) is 6.75. The summed E-state index contributed by atoms with van der Waals surface area (Å²) in [6.07, 6.45) is -3.63. The summed E-state index contributed by atoms with van der Waals surface area (Å²) < 4.78 is 0. The Balaban J connectivity index is 4.35. The van der Waals surface area contributed by atoms with E-state index < -0.39 is 24.4 Å². The van der Waals surface area contributed by atoms with E-state index in [1.54, 1.807) is 11.8 Å². The lowest BCUT2D eigenvalue weighted by Gasteiger charge is -2.27. The average molecular weight is 307 g/mol. The molecule has 0 saturated heterocycles. The molecule has 0 aliphatic rings. The summed E-state index contributed by atoms with van der Waals surface area (Å²) in [5.74, 6) is 0. The number of nitrogens with one attached hydrogen (secondary N) is 1. The van der Waals surface area contributed by atoms with E-state index in [0.717, 1.165) is 4.90 Å². The maximum absolute atomic E-state index is 11.0. The molecular formula is C12H25N3O6. The Morgan fingerprint density at radius 1 is 1.00 bits per heavy atom. The molecule has 0 heterocycles. The zero-order chi connectivity index (χ0) is 16.4. The number of hydrogen-bond acceptors (Lipinski definition) is 5. The van der Waals surface area contributed by atoms with Crippen molar-refractivity contribution in [2.24, 2.45) is 0 Å². The molecule has 2 atom stereocenters. The van der Waals surface area contributed by atoms with Crippen molar-refractivity contribution in [3.8, 4) is 0 Å². The molecule has 2 amide bonds. The number of amides is 2. The molecule has 0 fully saturated rings. The van der Waals surface area contributed by atoms with Gasteiger partial charge in [-0.2, -0.15) is 0 Å². The first kappa shape index (κ1) is 19.4. The van der Waals surface area contributed by atoms with Crippen LogP contribution < -0.4 is 5.32 Å². The third-order valence-corrected chi connectivity index (χ3v) is 2.67. The Morgan fingerprint density at radius 3 is 2.00 bits per heavy atom. The summed E-state index contributed by atoms with van der Waals surface area (Å²) in [5.41, 5.74) is 0. The van der Waals surface area contributed by atoms with E-state index in [4.69, 9.17) is 10.2 Å². The van der Waals surface area contributed by atoms with Gasteiger partial charge in [-0.25, -0.2) is 9.59 Å². The molecule has 0 bridgehead atoms. The van der Waals surface area contributed by atoms with Crippen LogP contribution in [0.15, 0.2) is 0 Å². The number of aliphatic hydroxyl groups excluding tert-OH is 2. The Morgan fingerprint density at radius 2 is 1.57 bits per heavy atom. The van der Waals surface area contributed by atoms with E-state index in [9.17, 15) is 19.8 Å². The lowest BCUT2D eigenvalue weighted by Crippen LogP contribution is -2.44. The minimum atomic E-state index is -1.13. The average Bonchev–Trinajstić information content (AvgIpc) is 2.31. The van der Waals surface area contributed by atoms with Gasteiger partial charge in [0.05, 0.1) is 12.2 Å². The molecule has 5 N–H and O–H groups in total. The van der Waals surface area contributed by atoms with Gasteiger partial charge in [-0.05, 0) is 13.8 Å². The first-order chi connectivity index (χ1) is 9.72. The van der Waals surface area contributed by atoms with E-state index in [-0.39, 0.29) is 19.6 Å². The van der Waals surface area contributed by atoms with Gasteiger partial charge in [0.25, 0.3) is 0 Å². The van der Waals surface area contributed by atoms with Gasteiger partial charge in [-0.3, -0.25) is 4.90 Å². The summed E-state index contributed by atoms with van der Waals surface area (Å²) in [4.78, 5) is 24.3. The Labute approximate surface area is 123 Å². The molecule has 0 rings (SSSR count). The van der Waals surface area contributed by atoms with Crippen molar-refractivity contribution in [1.29, 1.82) is 0 Å². The van der Waals surface area contributed by atoms with E-state index in [2.05, 4.69) is 5.32 Å². The highest BCUT2D eigenvalue weighted by molar-refractivity contribution is 5.65. The van der Waals surface area contributed by atoms with Crippen LogP contribution in [-0.2, 0) is 0 Å². The molecule has 0 aliphatic heterocycles. The fourth-order valence-corrected chi connectivity index (χ4v) is 1.84. The monoisotopic (exact) mass is 307 g/mol. The summed E-state index contributed by atoms with van der Waals surface area (Å²) >= 11 is 0. The topological polar surface area (TPSA) is 134 Å². The highest BCUT2D eigenvalue weighted by atomic mass is 16.4. The number of aliphatic hydroxyl groups is 2. The maximum atomic E-state index is 11.0. The van der Waals surface area contributed by atoms with Crippen LogP contribution in [0.25, 0.3) is 0 Å². The highest BCUT2D eigenvalue weighted by Crippen LogP contribution is 1.98. The minimum absolute atomic E-state index is 0.00519. The molecule has 0 aromatic rings. The Kier molecular flexibility index (Phi) is 9.42. The fraction of sp³-hybridized carbons (Fsp3) is 0.833. The number of carbonyl (C=O) groups is 2. The summed E-state index contributed by atoms with van der Waals surface area (Å²) in [7, 11) is 0. The van der Waals surface area contributed by atoms with Gasteiger partial charge in [0.2, 0.25) is 0 Å². The predicted octanol–water partition coefficient (Wildman–Crippen LogP) is -0.702. The van der Waals surface area contributed by atoms with Gasteiger partial charge in [-0.15, -0.1) is 0 Å². The number of rotatable bonds is 10. The second kappa shape index (κ2) is 10.2. The van der Waals surface area contributed by atoms with Gasteiger partial charge in [0.15, 0.2) is 0 Å². The second-order valence-electron chi connectivity index (χ2n) is 4.96. The van der Waals surface area contributed by atoms with Crippen molar-refractivity contribution in [3.63, 3.8) is 0 Å². The van der Waals surface area contributed by atoms with Crippen molar-refractivity contribution in [1.82, 2.24) is 15.1 Å². The maximum Gasteiger partial charge on any atom is 0.407 e. The third-order valence-electron chi connectivity index (χ3n) is 2.67. The van der Waals surface area contributed by atoms with Gasteiger partial charge in [-0.1, -0.05) is 0 Å². The molecule has 9 heteroatoms. The van der Waals surface area contributed by atoms with Gasteiger partial charge in [0.1, 0.15) is 0 Å². The molecule has 0 spiro atoms. The molecule has 0 radical (unpaired) electrons. The second-order valence-corrected chi connectivity index (χ2v) is 4.96. The number of nitrogens with zero attached hydrogens (tertiary/aromatic N) is 2. The van der Waals surface area contributed by atoms with E-state index >= 15 is 0 Å². The summed E-state index contributed by atoms with van der Waals surface area (Å²) in [5, 5.41) is 38.4. The molecule has 2 unspecified atom stereocenters. The zero-order valence-corrected chi connectivity index (χ0v) is 12.4. The van der Waals surface area contributed by atoms with Gasteiger partial charge >= 0.3 is 12.2 Å². The van der Waals surface area contributed by atoms with Crippen LogP contribution in [0.2, 0.25) is 0 Å². The van der Waals surface area contributed by atoms with Crippen molar-refractivity contribution in [2.45, 2.75) is 26.1 Å². The predicted molar refractivity (Wildman–Crippen MR) is 75.4 cm³/mol. The molecule has 0 aromatic carbocycles. The van der Waals surface area contributed by atoms with Crippen LogP contribution in [-0.4, -0.2) is 93.9 Å². The van der Waals surface area contributed by atoms with Crippen LogP contribution in [0.3, 0.4) is 0 Å². The largest absolute Gasteiger partial charge is 0.465 e. The molecule has 0 aliphatic carbocycles. The molecule has 9 nitrogen and oxygen atoms in total. The first-order valence-electron chi connectivity index (χ1n) is 6.75. The van der Waals surface area contributed by atoms with Gasteiger partial charge < -0.3 is 30.6 Å². The van der Waals surface area contributed by atoms with E-state index in [1.165, 1.54) is 6.92 Å². The van der Waals surface area contributed by atoms with E-state index in [1.807, 2.05) is 0 Å². The molecular weight excluding hydrogens is 282 g/mol. The Hall–Kier alpha value is -1.58. The van der Waals surface area contributed by atoms with Crippen molar-refractivity contribution in [2.75, 3.05) is 39.3 Å². The number of carboxylic acid groups (broad SMARTS) is 2. The van der Waals surface area contributed by atoms with Crippen LogP contribution >= 0.6 is 0 Å². The van der Waals surface area contributed by atoms with Crippen LogP contribution in [0.5, 0.6) is 0 Å². The normalized spacial score (nSPS) is 13.8. The SMILES string of the molecule is CC(O)CN(CCNC(=O)O)CCN(CC(C)O)C(=O)O. The quantitative estimate of drug-likeness (QED) is 0.360. The van der Waals surface area contributed by atoms with Crippen molar-refractivity contribution in [3.05, 3.63) is 0 Å². The van der Waals surface area contributed by atoms with E-state index in [0.29, 0.717) is 19.6 Å². The van der Waals surface area contributed by atoms with Crippen molar-refractivity contribution >= 4 is 12.2 Å². The molecule has 21 heavy (non-hydrogen) atoms. The number of hydrogen-bond donors (Lipinski definition) is 5. The fourth-order valence-electron chi connectivity index (χ4n) is 1.84. The smallest absolute Gasteiger partial charge is 0.407 e. The van der Waals surface area contributed by atoms with Crippen LogP contribution in [0.4, 0.5) is 9.59 Å². The van der Waals surface area contributed by atoms with Gasteiger partial charge in [0, 0.05) is 39.3 Å². The summed E-state index contributed by atoms with van der Waals surface area (Å²) in [6.45, 7) is 4.47. The minimum Gasteiger partial charge on any atom is -0.465 e. The lowest BCUT2D eigenvalue weighted by molar-refractivity contribution is 0.0877. The van der Waals surface area contributed by atoms with Crippen LogP contribution in [0.1, 0.15) is 13.8 Å². The molecule has 124 valence electrons.